The third kappa shape index (κ3) is 3.51. The van der Waals surface area contributed by atoms with E-state index in [4.69, 9.17) is 5.73 Å². The Bertz CT molecular complexity index is 370. The predicted molar refractivity (Wildman–Crippen MR) is 62.8 cm³/mol. The Morgan fingerprint density at radius 2 is 2.27 bits per heavy atom. The van der Waals surface area contributed by atoms with Gasteiger partial charge in [0.15, 0.2) is 0 Å². The number of nitrogen functional groups attached to an aromatic ring is 1. The van der Waals surface area contributed by atoms with Gasteiger partial charge in [-0.3, -0.25) is 4.21 Å². The minimum Gasteiger partial charge on any atom is -0.397 e. The number of rotatable bonds is 4. The second kappa shape index (κ2) is 5.11. The molecule has 84 valence electrons. The summed E-state index contributed by atoms with van der Waals surface area (Å²) in [4.78, 5) is 0. The van der Waals surface area contributed by atoms with Crippen LogP contribution in [0, 0.1) is 5.82 Å². The van der Waals surface area contributed by atoms with Crippen molar-refractivity contribution in [2.75, 3.05) is 23.9 Å². The summed E-state index contributed by atoms with van der Waals surface area (Å²) in [7, 11) is -0.872. The molecule has 0 bridgehead atoms. The van der Waals surface area contributed by atoms with E-state index >= 15 is 0 Å². The summed E-state index contributed by atoms with van der Waals surface area (Å²) in [6.07, 6.45) is 1.65. The van der Waals surface area contributed by atoms with Gasteiger partial charge in [-0.1, -0.05) is 0 Å². The first-order chi connectivity index (χ1) is 7.00. The highest BCUT2D eigenvalue weighted by molar-refractivity contribution is 7.84. The molecule has 3 nitrogen and oxygen atoms in total. The van der Waals surface area contributed by atoms with E-state index in [1.165, 1.54) is 12.1 Å². The molecule has 0 aliphatic rings. The van der Waals surface area contributed by atoms with E-state index in [1.807, 2.05) is 6.92 Å². The molecule has 0 saturated heterocycles. The molecule has 0 aromatic heterocycles. The molecule has 2 atom stereocenters. The van der Waals surface area contributed by atoms with Crippen LogP contribution in [0.4, 0.5) is 15.8 Å². The monoisotopic (exact) mass is 230 g/mol. The Hall–Kier alpha value is -1.10. The fourth-order valence-corrected chi connectivity index (χ4v) is 1.38. The second-order valence-electron chi connectivity index (χ2n) is 3.42. The summed E-state index contributed by atoms with van der Waals surface area (Å²) in [5.41, 5.74) is 6.64. The van der Waals surface area contributed by atoms with Gasteiger partial charge >= 0.3 is 0 Å². The van der Waals surface area contributed by atoms with E-state index in [1.54, 1.807) is 12.3 Å². The molecule has 0 radical (unpaired) electrons. The summed E-state index contributed by atoms with van der Waals surface area (Å²) in [6.45, 7) is 2.43. The van der Waals surface area contributed by atoms with E-state index in [0.717, 1.165) is 0 Å². The molecular formula is C10H15FN2OS. The molecule has 1 rings (SSSR count). The lowest BCUT2D eigenvalue weighted by molar-refractivity contribution is 0.628. The molecule has 3 N–H and O–H groups in total. The van der Waals surface area contributed by atoms with Crippen LogP contribution in [0.1, 0.15) is 6.92 Å². The third-order valence-corrected chi connectivity index (χ3v) is 3.46. The predicted octanol–water partition coefficient (Wildman–Crippen LogP) is 1.59. The summed E-state index contributed by atoms with van der Waals surface area (Å²) in [5, 5.41) is 3.07. The smallest absolute Gasteiger partial charge is 0.125 e. The van der Waals surface area contributed by atoms with E-state index in [9.17, 15) is 8.60 Å². The highest BCUT2D eigenvalue weighted by Crippen LogP contribution is 2.18. The molecular weight excluding hydrogens is 215 g/mol. The number of hydrogen-bond acceptors (Lipinski definition) is 3. The fraction of sp³-hybridized carbons (Fsp3) is 0.400. The average molecular weight is 230 g/mol. The minimum atomic E-state index is -0.872. The van der Waals surface area contributed by atoms with Crippen LogP contribution < -0.4 is 11.1 Å². The Balaban J connectivity index is 2.62. The van der Waals surface area contributed by atoms with Crippen molar-refractivity contribution in [1.82, 2.24) is 0 Å². The van der Waals surface area contributed by atoms with Gasteiger partial charge in [0.1, 0.15) is 5.82 Å². The van der Waals surface area contributed by atoms with Crippen molar-refractivity contribution in [2.24, 2.45) is 0 Å². The lowest BCUT2D eigenvalue weighted by atomic mass is 10.2. The summed E-state index contributed by atoms with van der Waals surface area (Å²) >= 11 is 0. The van der Waals surface area contributed by atoms with Crippen LogP contribution in [-0.2, 0) is 10.8 Å². The zero-order valence-electron chi connectivity index (χ0n) is 8.79. The fourth-order valence-electron chi connectivity index (χ4n) is 1.07. The van der Waals surface area contributed by atoms with E-state index in [-0.39, 0.29) is 11.1 Å². The summed E-state index contributed by atoms with van der Waals surface area (Å²) in [5.74, 6) is -0.356. The van der Waals surface area contributed by atoms with Gasteiger partial charge in [0.25, 0.3) is 0 Å². The number of nitrogens with two attached hydrogens (primary N) is 1. The number of anilines is 2. The van der Waals surface area contributed by atoms with Crippen molar-refractivity contribution in [1.29, 1.82) is 0 Å². The molecule has 5 heteroatoms. The lowest BCUT2D eigenvalue weighted by Gasteiger charge is -2.12. The maximum Gasteiger partial charge on any atom is 0.125 e. The van der Waals surface area contributed by atoms with Crippen LogP contribution in [0.3, 0.4) is 0 Å². The van der Waals surface area contributed by atoms with Crippen molar-refractivity contribution in [3.8, 4) is 0 Å². The first-order valence-corrected chi connectivity index (χ1v) is 6.24. The van der Waals surface area contributed by atoms with Crippen molar-refractivity contribution in [3.63, 3.8) is 0 Å². The Morgan fingerprint density at radius 3 is 2.80 bits per heavy atom. The standard InChI is InChI=1S/C10H15FN2OS/c1-7(15(2)14)6-13-10-4-3-8(11)5-9(10)12/h3-5,7,13H,6,12H2,1-2H3. The van der Waals surface area contributed by atoms with Gasteiger partial charge < -0.3 is 11.1 Å². The van der Waals surface area contributed by atoms with Gasteiger partial charge in [-0.25, -0.2) is 4.39 Å². The molecule has 0 spiro atoms. The Morgan fingerprint density at radius 1 is 1.60 bits per heavy atom. The summed E-state index contributed by atoms with van der Waals surface area (Å²) in [6, 6.07) is 4.18. The molecule has 2 unspecified atom stereocenters. The quantitative estimate of drug-likeness (QED) is 0.772. The lowest BCUT2D eigenvalue weighted by Crippen LogP contribution is -2.21. The number of hydrogen-bond donors (Lipinski definition) is 2. The largest absolute Gasteiger partial charge is 0.397 e. The zero-order chi connectivity index (χ0) is 11.4. The van der Waals surface area contributed by atoms with Crippen molar-refractivity contribution >= 4 is 22.2 Å². The van der Waals surface area contributed by atoms with E-state index in [0.29, 0.717) is 17.9 Å². The molecule has 0 aliphatic carbocycles. The third-order valence-electron chi connectivity index (χ3n) is 2.16. The minimum absolute atomic E-state index is 0.0365. The molecule has 1 aromatic rings. The van der Waals surface area contributed by atoms with Gasteiger partial charge in [-0.05, 0) is 25.1 Å². The molecule has 0 amide bonds. The first kappa shape index (κ1) is 12.0. The number of benzene rings is 1. The molecule has 0 fully saturated rings. The van der Waals surface area contributed by atoms with Crippen molar-refractivity contribution in [3.05, 3.63) is 24.0 Å². The van der Waals surface area contributed by atoms with Crippen LogP contribution in [0.15, 0.2) is 18.2 Å². The topological polar surface area (TPSA) is 55.1 Å². The number of nitrogens with one attached hydrogen (secondary N) is 1. The van der Waals surface area contributed by atoms with Crippen LogP contribution >= 0.6 is 0 Å². The van der Waals surface area contributed by atoms with Crippen LogP contribution in [0.25, 0.3) is 0 Å². The maximum absolute atomic E-state index is 12.7. The normalized spacial score (nSPS) is 14.6. The van der Waals surface area contributed by atoms with Gasteiger partial charge in [-0.2, -0.15) is 0 Å². The van der Waals surface area contributed by atoms with Gasteiger partial charge in [0.05, 0.1) is 11.4 Å². The maximum atomic E-state index is 12.7. The van der Waals surface area contributed by atoms with Crippen molar-refractivity contribution in [2.45, 2.75) is 12.2 Å². The van der Waals surface area contributed by atoms with E-state index in [2.05, 4.69) is 5.32 Å². The van der Waals surface area contributed by atoms with Crippen LogP contribution in [0.2, 0.25) is 0 Å². The van der Waals surface area contributed by atoms with Crippen molar-refractivity contribution < 1.29 is 8.60 Å². The zero-order valence-corrected chi connectivity index (χ0v) is 9.60. The first-order valence-electron chi connectivity index (χ1n) is 4.62. The summed E-state index contributed by atoms with van der Waals surface area (Å²) < 4.78 is 23.8. The highest BCUT2D eigenvalue weighted by atomic mass is 32.2. The van der Waals surface area contributed by atoms with Gasteiger partial charge in [-0.15, -0.1) is 0 Å². The Kier molecular flexibility index (Phi) is 4.08. The van der Waals surface area contributed by atoms with E-state index < -0.39 is 10.8 Å². The van der Waals surface area contributed by atoms with Crippen LogP contribution in [-0.4, -0.2) is 22.3 Å². The molecule has 0 saturated carbocycles. The Labute approximate surface area is 91.3 Å². The molecule has 15 heavy (non-hydrogen) atoms. The van der Waals surface area contributed by atoms with Gasteiger partial charge in [0.2, 0.25) is 0 Å². The molecule has 1 aromatic carbocycles. The molecule has 0 heterocycles. The second-order valence-corrected chi connectivity index (χ2v) is 5.22. The average Bonchev–Trinajstić information content (AvgIpc) is 2.15. The van der Waals surface area contributed by atoms with Crippen LogP contribution in [0.5, 0.6) is 0 Å². The van der Waals surface area contributed by atoms with Gasteiger partial charge in [0, 0.05) is 28.9 Å². The molecule has 0 aliphatic heterocycles. The number of halogens is 1. The SMILES string of the molecule is CC(CNc1ccc(F)cc1N)S(C)=O. The highest BCUT2D eigenvalue weighted by Gasteiger charge is 2.06.